The quantitative estimate of drug-likeness (QED) is 0.601. The summed E-state index contributed by atoms with van der Waals surface area (Å²) >= 11 is 0. The van der Waals surface area contributed by atoms with E-state index in [-0.39, 0.29) is 11.7 Å². The third-order valence-corrected chi connectivity index (χ3v) is 2.86. The maximum Gasteiger partial charge on any atom is 0.311 e. The van der Waals surface area contributed by atoms with Gasteiger partial charge in [-0.2, -0.15) is 0 Å². The summed E-state index contributed by atoms with van der Waals surface area (Å²) in [5, 5.41) is 14.0. The van der Waals surface area contributed by atoms with E-state index in [2.05, 4.69) is 10.3 Å². The Balaban J connectivity index is 3.22. The lowest BCUT2D eigenvalue weighted by atomic mass is 10.2. The molecule has 19 heavy (non-hydrogen) atoms. The van der Waals surface area contributed by atoms with Crippen molar-refractivity contribution in [2.75, 3.05) is 37.5 Å². The lowest BCUT2D eigenvalue weighted by Gasteiger charge is -2.28. The molecule has 0 bridgehead atoms. The Hall–Kier alpha value is -1.89. The highest BCUT2D eigenvalue weighted by atomic mass is 16.6. The Labute approximate surface area is 112 Å². The first-order chi connectivity index (χ1) is 9.04. The smallest absolute Gasteiger partial charge is 0.311 e. The van der Waals surface area contributed by atoms with Gasteiger partial charge in [0.05, 0.1) is 17.6 Å². The van der Waals surface area contributed by atoms with Gasteiger partial charge in [-0.25, -0.2) is 4.98 Å². The molecule has 0 saturated carbocycles. The van der Waals surface area contributed by atoms with E-state index in [0.29, 0.717) is 24.8 Å². The molecular formula is C12H20N4O3. The van der Waals surface area contributed by atoms with Crippen molar-refractivity contribution in [1.29, 1.82) is 0 Å². The second-order valence-corrected chi connectivity index (χ2v) is 4.14. The van der Waals surface area contributed by atoms with Crippen LogP contribution in [0.3, 0.4) is 0 Å². The van der Waals surface area contributed by atoms with Crippen LogP contribution in [0.2, 0.25) is 0 Å². The fourth-order valence-corrected chi connectivity index (χ4v) is 1.94. The first-order valence-electron chi connectivity index (χ1n) is 6.13. The number of anilines is 2. The minimum atomic E-state index is -0.413. The zero-order valence-corrected chi connectivity index (χ0v) is 11.7. The van der Waals surface area contributed by atoms with E-state index < -0.39 is 4.92 Å². The van der Waals surface area contributed by atoms with E-state index in [9.17, 15) is 10.1 Å². The van der Waals surface area contributed by atoms with Crippen molar-refractivity contribution in [2.45, 2.75) is 19.9 Å². The summed E-state index contributed by atoms with van der Waals surface area (Å²) in [6.45, 7) is 4.98. The first kappa shape index (κ1) is 15.2. The van der Waals surface area contributed by atoms with Crippen LogP contribution >= 0.6 is 0 Å². The minimum absolute atomic E-state index is 0.00352. The normalized spacial score (nSPS) is 12.0. The lowest BCUT2D eigenvalue weighted by molar-refractivity contribution is -0.384. The van der Waals surface area contributed by atoms with Crippen LogP contribution in [0.15, 0.2) is 12.1 Å². The molecule has 1 heterocycles. The summed E-state index contributed by atoms with van der Waals surface area (Å²) in [5.41, 5.74) is 0.00352. The van der Waals surface area contributed by atoms with Crippen LogP contribution in [0.5, 0.6) is 0 Å². The molecule has 1 rings (SSSR count). The summed E-state index contributed by atoms with van der Waals surface area (Å²) in [4.78, 5) is 16.9. The van der Waals surface area contributed by atoms with Crippen molar-refractivity contribution in [3.05, 3.63) is 22.2 Å². The zero-order valence-electron chi connectivity index (χ0n) is 11.7. The molecule has 0 aliphatic heterocycles. The number of rotatable bonds is 7. The van der Waals surface area contributed by atoms with Gasteiger partial charge in [0.15, 0.2) is 0 Å². The monoisotopic (exact) mass is 268 g/mol. The Kier molecular flexibility index (Phi) is 5.50. The molecule has 0 aliphatic carbocycles. The molecule has 1 aromatic rings. The molecule has 7 nitrogen and oxygen atoms in total. The summed E-state index contributed by atoms with van der Waals surface area (Å²) in [6.07, 6.45) is 0. The van der Waals surface area contributed by atoms with Crippen LogP contribution in [-0.2, 0) is 4.74 Å². The number of aromatic nitrogens is 1. The van der Waals surface area contributed by atoms with E-state index >= 15 is 0 Å². The standard InChI is InChI=1S/C12H20N4O3/c1-5-15(9(2)8-19-4)12-10(16(17)18)6-7-11(13-3)14-12/h6-7,9H,5,8H2,1-4H3,(H,13,14). The maximum absolute atomic E-state index is 11.1. The Morgan fingerprint density at radius 2 is 2.26 bits per heavy atom. The SMILES string of the molecule is CCN(c1nc(NC)ccc1[N+](=O)[O-])C(C)COC. The fraction of sp³-hybridized carbons (Fsp3) is 0.583. The number of hydrogen-bond acceptors (Lipinski definition) is 6. The number of hydrogen-bond donors (Lipinski definition) is 1. The predicted octanol–water partition coefficient (Wildman–Crippen LogP) is 1.89. The van der Waals surface area contributed by atoms with Crippen molar-refractivity contribution >= 4 is 17.3 Å². The fourth-order valence-electron chi connectivity index (χ4n) is 1.94. The first-order valence-corrected chi connectivity index (χ1v) is 6.13. The highest BCUT2D eigenvalue weighted by molar-refractivity contribution is 5.62. The third-order valence-electron chi connectivity index (χ3n) is 2.86. The summed E-state index contributed by atoms with van der Waals surface area (Å²) in [7, 11) is 3.34. The van der Waals surface area contributed by atoms with E-state index in [1.807, 2.05) is 18.7 Å². The van der Waals surface area contributed by atoms with Crippen LogP contribution in [0, 0.1) is 10.1 Å². The molecule has 1 N–H and O–H groups in total. The molecule has 0 amide bonds. The highest BCUT2D eigenvalue weighted by Gasteiger charge is 2.24. The van der Waals surface area contributed by atoms with Crippen LogP contribution < -0.4 is 10.2 Å². The number of nitrogens with one attached hydrogen (secondary N) is 1. The average Bonchev–Trinajstić information content (AvgIpc) is 2.39. The molecule has 1 aromatic heterocycles. The van der Waals surface area contributed by atoms with Gasteiger partial charge >= 0.3 is 5.69 Å². The van der Waals surface area contributed by atoms with E-state index in [4.69, 9.17) is 4.74 Å². The molecule has 1 unspecified atom stereocenters. The lowest BCUT2D eigenvalue weighted by Crippen LogP contribution is -2.37. The molecule has 0 radical (unpaired) electrons. The average molecular weight is 268 g/mol. The number of ether oxygens (including phenoxy) is 1. The van der Waals surface area contributed by atoms with Gasteiger partial charge in [-0.3, -0.25) is 10.1 Å². The van der Waals surface area contributed by atoms with Gasteiger partial charge < -0.3 is 15.0 Å². The molecule has 0 aliphatic rings. The van der Waals surface area contributed by atoms with Gasteiger partial charge in [-0.1, -0.05) is 0 Å². The Morgan fingerprint density at radius 3 is 2.74 bits per heavy atom. The number of likely N-dealkylation sites (N-methyl/N-ethyl adjacent to an activating group) is 1. The van der Waals surface area contributed by atoms with Crippen LogP contribution in [0.25, 0.3) is 0 Å². The predicted molar refractivity (Wildman–Crippen MR) is 74.8 cm³/mol. The van der Waals surface area contributed by atoms with Gasteiger partial charge in [-0.15, -0.1) is 0 Å². The van der Waals surface area contributed by atoms with Crippen LogP contribution in [0.1, 0.15) is 13.8 Å². The number of nitro groups is 1. The third kappa shape index (κ3) is 3.54. The molecule has 0 spiro atoms. The van der Waals surface area contributed by atoms with E-state index in [1.165, 1.54) is 6.07 Å². The second kappa shape index (κ2) is 6.89. The van der Waals surface area contributed by atoms with E-state index in [0.717, 1.165) is 0 Å². The van der Waals surface area contributed by atoms with E-state index in [1.54, 1.807) is 20.2 Å². The zero-order chi connectivity index (χ0) is 14.4. The van der Waals surface area contributed by atoms with Crippen LogP contribution in [0.4, 0.5) is 17.3 Å². The van der Waals surface area contributed by atoms with Gasteiger partial charge in [0.2, 0.25) is 5.82 Å². The summed E-state index contributed by atoms with van der Waals surface area (Å²) in [6, 6.07) is 3.07. The molecule has 1 atom stereocenters. The molecule has 0 fully saturated rings. The number of methoxy groups -OCH3 is 1. The van der Waals surface area contributed by atoms with Gasteiger partial charge in [-0.05, 0) is 19.9 Å². The molecule has 0 saturated heterocycles. The topological polar surface area (TPSA) is 80.5 Å². The van der Waals surface area contributed by atoms with Crippen molar-refractivity contribution in [2.24, 2.45) is 0 Å². The summed E-state index contributed by atoms with van der Waals surface area (Å²) < 4.78 is 5.11. The highest BCUT2D eigenvalue weighted by Crippen LogP contribution is 2.28. The van der Waals surface area contributed by atoms with Crippen molar-refractivity contribution in [3.63, 3.8) is 0 Å². The molecular weight excluding hydrogens is 248 g/mol. The van der Waals surface area contributed by atoms with Gasteiger partial charge in [0.25, 0.3) is 0 Å². The summed E-state index contributed by atoms with van der Waals surface area (Å²) in [5.74, 6) is 0.965. The van der Waals surface area contributed by atoms with Gasteiger partial charge in [0.1, 0.15) is 5.82 Å². The van der Waals surface area contributed by atoms with Crippen molar-refractivity contribution < 1.29 is 9.66 Å². The molecule has 0 aromatic carbocycles. The van der Waals surface area contributed by atoms with Crippen molar-refractivity contribution in [1.82, 2.24) is 4.98 Å². The minimum Gasteiger partial charge on any atom is -0.383 e. The van der Waals surface area contributed by atoms with Crippen molar-refractivity contribution in [3.8, 4) is 0 Å². The molecule has 106 valence electrons. The molecule has 7 heteroatoms. The van der Waals surface area contributed by atoms with Gasteiger partial charge in [0, 0.05) is 26.8 Å². The Bertz CT molecular complexity index is 439. The number of nitrogens with zero attached hydrogens (tertiary/aromatic N) is 3. The maximum atomic E-state index is 11.1. The number of pyridine rings is 1. The largest absolute Gasteiger partial charge is 0.383 e. The second-order valence-electron chi connectivity index (χ2n) is 4.14. The Morgan fingerprint density at radius 1 is 1.58 bits per heavy atom. The van der Waals surface area contributed by atoms with Crippen LogP contribution in [-0.4, -0.2) is 43.3 Å².